The Balaban J connectivity index is 1.70. The van der Waals surface area contributed by atoms with Gasteiger partial charge in [0.2, 0.25) is 0 Å². The highest BCUT2D eigenvalue weighted by Gasteiger charge is 2.07. The molecule has 0 fully saturated rings. The summed E-state index contributed by atoms with van der Waals surface area (Å²) in [6.45, 7) is 1.97. The van der Waals surface area contributed by atoms with Gasteiger partial charge in [-0.25, -0.2) is 4.98 Å². The lowest BCUT2D eigenvalue weighted by Crippen LogP contribution is -1.90. The molecule has 0 aliphatic carbocycles. The van der Waals surface area contributed by atoms with E-state index >= 15 is 0 Å². The highest BCUT2D eigenvalue weighted by Crippen LogP contribution is 2.14. The van der Waals surface area contributed by atoms with Crippen LogP contribution < -0.4 is 5.73 Å². The van der Waals surface area contributed by atoms with Crippen molar-refractivity contribution in [3.05, 3.63) is 57.6 Å². The first-order valence-electron chi connectivity index (χ1n) is 6.46. The number of rotatable bonds is 4. The SMILES string of the molecule is Cc1csc(Cc2noc(/C=C/c3cccc(N)c3)n2)n1. The molecule has 0 radical (unpaired) electrons. The summed E-state index contributed by atoms with van der Waals surface area (Å²) in [4.78, 5) is 8.71. The molecule has 0 saturated carbocycles. The molecule has 21 heavy (non-hydrogen) atoms. The molecule has 0 aliphatic rings. The predicted molar refractivity (Wildman–Crippen MR) is 83.7 cm³/mol. The van der Waals surface area contributed by atoms with Gasteiger partial charge in [0.05, 0.1) is 6.42 Å². The van der Waals surface area contributed by atoms with Crippen molar-refractivity contribution in [1.29, 1.82) is 0 Å². The van der Waals surface area contributed by atoms with E-state index < -0.39 is 0 Å². The van der Waals surface area contributed by atoms with Crippen molar-refractivity contribution in [3.63, 3.8) is 0 Å². The Morgan fingerprint density at radius 2 is 2.19 bits per heavy atom. The summed E-state index contributed by atoms with van der Waals surface area (Å²) in [7, 11) is 0. The number of anilines is 1. The molecular formula is C15H14N4OS. The monoisotopic (exact) mass is 298 g/mol. The molecule has 6 heteroatoms. The van der Waals surface area contributed by atoms with Crippen LogP contribution in [0.4, 0.5) is 5.69 Å². The fourth-order valence-corrected chi connectivity index (χ4v) is 2.62. The van der Waals surface area contributed by atoms with Crippen LogP contribution in [0.15, 0.2) is 34.2 Å². The summed E-state index contributed by atoms with van der Waals surface area (Å²) in [5, 5.41) is 6.95. The number of hydrogen-bond acceptors (Lipinski definition) is 6. The third-order valence-corrected chi connectivity index (χ3v) is 3.76. The molecule has 3 aromatic rings. The van der Waals surface area contributed by atoms with E-state index in [0.717, 1.165) is 22.0 Å². The number of benzene rings is 1. The van der Waals surface area contributed by atoms with Crippen LogP contribution in [0, 0.1) is 6.92 Å². The van der Waals surface area contributed by atoms with E-state index in [-0.39, 0.29) is 0 Å². The first kappa shape index (κ1) is 13.5. The topological polar surface area (TPSA) is 77.8 Å². The molecule has 1 aromatic carbocycles. The molecule has 0 saturated heterocycles. The van der Waals surface area contributed by atoms with Crippen LogP contribution in [0.5, 0.6) is 0 Å². The molecule has 2 heterocycles. The maximum Gasteiger partial charge on any atom is 0.250 e. The summed E-state index contributed by atoms with van der Waals surface area (Å²) in [5.41, 5.74) is 8.46. The van der Waals surface area contributed by atoms with Gasteiger partial charge in [-0.05, 0) is 30.7 Å². The predicted octanol–water partition coefficient (Wildman–Crippen LogP) is 3.18. The first-order valence-corrected chi connectivity index (χ1v) is 7.34. The fourth-order valence-electron chi connectivity index (χ4n) is 1.86. The van der Waals surface area contributed by atoms with Gasteiger partial charge >= 0.3 is 0 Å². The third kappa shape index (κ3) is 3.55. The van der Waals surface area contributed by atoms with Crippen molar-refractivity contribution in [1.82, 2.24) is 15.1 Å². The second-order valence-corrected chi connectivity index (χ2v) is 5.55. The molecule has 5 nitrogen and oxygen atoms in total. The number of nitrogen functional groups attached to an aromatic ring is 1. The lowest BCUT2D eigenvalue weighted by Gasteiger charge is -1.94. The van der Waals surface area contributed by atoms with Gasteiger partial charge in [0.15, 0.2) is 5.82 Å². The van der Waals surface area contributed by atoms with Crippen LogP contribution in [0.2, 0.25) is 0 Å². The second kappa shape index (κ2) is 5.88. The summed E-state index contributed by atoms with van der Waals surface area (Å²) < 4.78 is 5.19. The van der Waals surface area contributed by atoms with Gasteiger partial charge in [-0.3, -0.25) is 0 Å². The standard InChI is InChI=1S/C15H14N4OS/c1-10-9-21-15(17-10)8-13-18-14(20-19-13)6-5-11-3-2-4-12(16)7-11/h2-7,9H,8,16H2,1H3/b6-5+. The fraction of sp³-hybridized carbons (Fsp3) is 0.133. The van der Waals surface area contributed by atoms with Gasteiger partial charge in [0.25, 0.3) is 5.89 Å². The van der Waals surface area contributed by atoms with E-state index in [9.17, 15) is 0 Å². The minimum absolute atomic E-state index is 0.473. The smallest absolute Gasteiger partial charge is 0.250 e. The number of aromatic nitrogens is 3. The first-order chi connectivity index (χ1) is 10.2. The maximum absolute atomic E-state index is 5.73. The quantitative estimate of drug-likeness (QED) is 0.748. The van der Waals surface area contributed by atoms with Crippen molar-refractivity contribution in [2.75, 3.05) is 5.73 Å². The molecule has 0 amide bonds. The highest BCUT2D eigenvalue weighted by atomic mass is 32.1. The molecule has 0 bridgehead atoms. The largest absolute Gasteiger partial charge is 0.399 e. The number of nitrogens with zero attached hydrogens (tertiary/aromatic N) is 3. The maximum atomic E-state index is 5.73. The van der Waals surface area contributed by atoms with Gasteiger partial charge in [-0.2, -0.15) is 4.98 Å². The molecule has 2 N–H and O–H groups in total. The molecule has 106 valence electrons. The van der Waals surface area contributed by atoms with Crippen molar-refractivity contribution >= 4 is 29.2 Å². The Morgan fingerprint density at radius 3 is 2.95 bits per heavy atom. The summed E-state index contributed by atoms with van der Waals surface area (Å²) in [6, 6.07) is 7.59. The highest BCUT2D eigenvalue weighted by molar-refractivity contribution is 7.09. The van der Waals surface area contributed by atoms with Crippen LogP contribution in [0.1, 0.15) is 28.0 Å². The molecule has 0 spiro atoms. The van der Waals surface area contributed by atoms with E-state index in [1.54, 1.807) is 17.4 Å². The molecule has 0 atom stereocenters. The zero-order valence-corrected chi connectivity index (χ0v) is 12.3. The summed E-state index contributed by atoms with van der Waals surface area (Å²) in [5.74, 6) is 1.11. The molecule has 3 rings (SSSR count). The van der Waals surface area contributed by atoms with Gasteiger partial charge in [0, 0.05) is 22.8 Å². The van der Waals surface area contributed by atoms with Crippen molar-refractivity contribution < 1.29 is 4.52 Å². The summed E-state index contributed by atoms with van der Waals surface area (Å²) >= 11 is 1.60. The average molecular weight is 298 g/mol. The van der Waals surface area contributed by atoms with E-state index in [1.807, 2.05) is 42.6 Å². The zero-order valence-electron chi connectivity index (χ0n) is 11.5. The Labute approximate surface area is 126 Å². The van der Waals surface area contributed by atoms with Crippen molar-refractivity contribution in [2.45, 2.75) is 13.3 Å². The van der Waals surface area contributed by atoms with Crippen LogP contribution in [-0.4, -0.2) is 15.1 Å². The van der Waals surface area contributed by atoms with E-state index in [0.29, 0.717) is 18.1 Å². The van der Waals surface area contributed by atoms with E-state index in [2.05, 4.69) is 15.1 Å². The summed E-state index contributed by atoms with van der Waals surface area (Å²) in [6.07, 6.45) is 4.26. The van der Waals surface area contributed by atoms with Crippen molar-refractivity contribution in [2.24, 2.45) is 0 Å². The van der Waals surface area contributed by atoms with Gasteiger partial charge in [0.1, 0.15) is 5.01 Å². The Hall–Kier alpha value is -2.47. The van der Waals surface area contributed by atoms with Crippen LogP contribution in [0.3, 0.4) is 0 Å². The molecule has 0 aliphatic heterocycles. The lowest BCUT2D eigenvalue weighted by atomic mass is 10.2. The van der Waals surface area contributed by atoms with Crippen LogP contribution in [0.25, 0.3) is 12.2 Å². The van der Waals surface area contributed by atoms with Gasteiger partial charge in [-0.1, -0.05) is 17.3 Å². The molecule has 2 aromatic heterocycles. The van der Waals surface area contributed by atoms with Crippen LogP contribution >= 0.6 is 11.3 Å². The number of thiazole rings is 1. The number of hydrogen-bond donors (Lipinski definition) is 1. The third-order valence-electron chi connectivity index (χ3n) is 2.79. The Kier molecular flexibility index (Phi) is 3.79. The van der Waals surface area contributed by atoms with Crippen molar-refractivity contribution in [3.8, 4) is 0 Å². The van der Waals surface area contributed by atoms with Gasteiger partial charge < -0.3 is 10.3 Å². The average Bonchev–Trinajstić information content (AvgIpc) is 3.06. The molecule has 0 unspecified atom stereocenters. The minimum atomic E-state index is 0.473. The Bertz CT molecular complexity index is 775. The zero-order chi connectivity index (χ0) is 14.7. The normalized spacial score (nSPS) is 11.3. The van der Waals surface area contributed by atoms with E-state index in [1.165, 1.54) is 0 Å². The minimum Gasteiger partial charge on any atom is -0.399 e. The number of nitrogens with two attached hydrogens (primary N) is 1. The molecular weight excluding hydrogens is 284 g/mol. The Morgan fingerprint density at radius 1 is 1.29 bits per heavy atom. The van der Waals surface area contributed by atoms with Gasteiger partial charge in [-0.15, -0.1) is 11.3 Å². The van der Waals surface area contributed by atoms with E-state index in [4.69, 9.17) is 10.3 Å². The van der Waals surface area contributed by atoms with Crippen LogP contribution in [-0.2, 0) is 6.42 Å². The number of aryl methyl sites for hydroxylation is 1. The lowest BCUT2D eigenvalue weighted by molar-refractivity contribution is 0.404. The second-order valence-electron chi connectivity index (χ2n) is 4.61.